The number of carbonyl (C=O) groups is 1. The Hall–Kier alpha value is -0.772. The zero-order chi connectivity index (χ0) is 10.0. The summed E-state index contributed by atoms with van der Waals surface area (Å²) in [4.78, 5) is 10.5. The Morgan fingerprint density at radius 2 is 2.08 bits per heavy atom. The maximum absolute atomic E-state index is 10.5. The Bertz CT molecular complexity index is 339. The van der Waals surface area contributed by atoms with Gasteiger partial charge in [-0.25, -0.2) is 0 Å². The van der Waals surface area contributed by atoms with Gasteiger partial charge in [-0.1, -0.05) is 0 Å². The van der Waals surface area contributed by atoms with Gasteiger partial charge in [0, 0.05) is 0 Å². The number of benzene rings is 1. The normalized spacial score (nSPS) is 9.77. The van der Waals surface area contributed by atoms with Gasteiger partial charge in [-0.2, -0.15) is 0 Å². The monoisotopic (exact) mass is 288 g/mol. The predicted molar refractivity (Wildman–Crippen MR) is 42.2 cm³/mol. The fourth-order valence-electron chi connectivity index (χ4n) is 0.858. The minimum atomic E-state index is -1.45. The number of hydrogen-bond donors (Lipinski definition) is 2. The number of aromatic carboxylic acids is 1. The van der Waals surface area contributed by atoms with Crippen LogP contribution in [0, 0.1) is 0 Å². The molecule has 2 radical (unpaired) electrons. The molecular formula is C7H5NO4Sb-. The third-order valence-electron chi connectivity index (χ3n) is 1.42. The standard InChI is InChI=1S/C7H6NO4.Sb/c9-7(10)5-3-1-2-4-6(5)8(11)12;/h1,3-4,11-12H,(H,9,10);/p-1. The molecule has 0 aromatic heterocycles. The van der Waals surface area contributed by atoms with Crippen LogP contribution in [0.4, 0.5) is 5.69 Å². The summed E-state index contributed by atoms with van der Waals surface area (Å²) in [5.41, 5.74) is -0.456. The summed E-state index contributed by atoms with van der Waals surface area (Å²) >= 11 is 1.34. The van der Waals surface area contributed by atoms with Crippen LogP contribution in [0.25, 0.3) is 0 Å². The van der Waals surface area contributed by atoms with E-state index in [4.69, 9.17) is 10.4 Å². The third kappa shape index (κ3) is 2.34. The van der Waals surface area contributed by atoms with Crippen LogP contribution < -0.4 is 13.8 Å². The zero-order valence-electron chi connectivity index (χ0n) is 6.34. The summed E-state index contributed by atoms with van der Waals surface area (Å²) in [5.74, 6) is -1.45. The van der Waals surface area contributed by atoms with Gasteiger partial charge in [-0.05, 0) is 0 Å². The molecule has 1 aromatic rings. The summed E-state index contributed by atoms with van der Waals surface area (Å²) in [6.07, 6.45) is 0. The minimum absolute atomic E-state index is 0.196. The molecular weight excluding hydrogens is 284 g/mol. The second-order valence-electron chi connectivity index (χ2n) is 2.28. The van der Waals surface area contributed by atoms with Crippen molar-refractivity contribution in [2.45, 2.75) is 0 Å². The summed E-state index contributed by atoms with van der Waals surface area (Å²) in [7, 11) is 0. The van der Waals surface area contributed by atoms with E-state index in [1.165, 1.54) is 35.2 Å². The van der Waals surface area contributed by atoms with Crippen molar-refractivity contribution in [3.63, 3.8) is 0 Å². The van der Waals surface area contributed by atoms with Gasteiger partial charge in [-0.15, -0.1) is 0 Å². The molecule has 0 aliphatic carbocycles. The summed E-state index contributed by atoms with van der Waals surface area (Å²) < 4.78 is 0.766. The molecule has 1 aromatic carbocycles. The molecule has 0 atom stereocenters. The topological polar surface area (TPSA) is 83.8 Å². The Morgan fingerprint density at radius 1 is 1.46 bits per heavy atom. The molecule has 68 valence electrons. The number of carboxylic acids is 1. The third-order valence-corrected chi connectivity index (χ3v) is 2.21. The van der Waals surface area contributed by atoms with Gasteiger partial charge >= 0.3 is 87.5 Å². The van der Waals surface area contributed by atoms with E-state index in [0.717, 1.165) is 3.51 Å². The molecule has 5 nitrogen and oxygen atoms in total. The average molecular weight is 289 g/mol. The first-order chi connectivity index (χ1) is 6.02. The van der Waals surface area contributed by atoms with E-state index < -0.39 is 5.97 Å². The van der Waals surface area contributed by atoms with Crippen LogP contribution in [0.2, 0.25) is 0 Å². The van der Waals surface area contributed by atoms with Gasteiger partial charge in [0.2, 0.25) is 0 Å². The maximum atomic E-state index is 10.5. The first-order valence-corrected chi connectivity index (χ1v) is 4.52. The number of nitrogens with zero attached hydrogens (tertiary/aromatic N) is 1. The van der Waals surface area contributed by atoms with Gasteiger partial charge in [0.05, 0.1) is 0 Å². The molecule has 0 bridgehead atoms. The molecule has 1 rings (SSSR count). The van der Waals surface area contributed by atoms with Crippen molar-refractivity contribution in [1.29, 1.82) is 0 Å². The number of rotatable bonds is 2. The molecule has 0 unspecified atom stereocenters. The van der Waals surface area contributed by atoms with Crippen molar-refractivity contribution in [1.82, 2.24) is 0 Å². The first kappa shape index (κ1) is 10.3. The molecule has 6 heteroatoms. The van der Waals surface area contributed by atoms with E-state index in [1.54, 1.807) is 6.07 Å². The Kier molecular flexibility index (Phi) is 3.14. The molecule has 0 fully saturated rings. The number of anilines is 1. The van der Waals surface area contributed by atoms with E-state index in [9.17, 15) is 9.90 Å². The molecule has 0 saturated heterocycles. The van der Waals surface area contributed by atoms with Crippen molar-refractivity contribution < 1.29 is 20.3 Å². The number of hydrogen-bond acceptors (Lipinski definition) is 5. The van der Waals surface area contributed by atoms with Crippen LogP contribution in [-0.4, -0.2) is 39.4 Å². The van der Waals surface area contributed by atoms with Gasteiger partial charge in [0.15, 0.2) is 0 Å². The van der Waals surface area contributed by atoms with Crippen LogP contribution in [0.5, 0.6) is 0 Å². The first-order valence-electron chi connectivity index (χ1n) is 3.24. The number of carbonyl (C=O) groups excluding carboxylic acids is 1. The quantitative estimate of drug-likeness (QED) is 0.507. The Morgan fingerprint density at radius 3 is 2.54 bits per heavy atom. The van der Waals surface area contributed by atoms with E-state index in [2.05, 4.69) is 0 Å². The van der Waals surface area contributed by atoms with Gasteiger partial charge in [-0.3, -0.25) is 0 Å². The molecule has 0 amide bonds. The number of carboxylic acid groups (broad SMARTS) is 1. The van der Waals surface area contributed by atoms with Gasteiger partial charge < -0.3 is 0 Å². The molecule has 0 heterocycles. The van der Waals surface area contributed by atoms with Crippen LogP contribution in [0.15, 0.2) is 18.2 Å². The van der Waals surface area contributed by atoms with E-state index >= 15 is 0 Å². The summed E-state index contributed by atoms with van der Waals surface area (Å²) in [6, 6.07) is 4.17. The molecule has 0 saturated carbocycles. The SMILES string of the molecule is O=C([O-])c1cc[c]([Sb])cc1N(O)O. The van der Waals surface area contributed by atoms with Crippen molar-refractivity contribution in [2.75, 3.05) is 5.23 Å². The van der Waals surface area contributed by atoms with Crippen LogP contribution in [-0.2, 0) is 0 Å². The Labute approximate surface area is 87.6 Å². The second kappa shape index (κ2) is 3.96. The molecule has 0 spiro atoms. The van der Waals surface area contributed by atoms with E-state index in [-0.39, 0.29) is 16.5 Å². The fourth-order valence-corrected chi connectivity index (χ4v) is 1.42. The summed E-state index contributed by atoms with van der Waals surface area (Å²) in [6.45, 7) is 0. The average Bonchev–Trinajstić information content (AvgIpc) is 2.03. The van der Waals surface area contributed by atoms with Crippen molar-refractivity contribution >= 4 is 38.2 Å². The van der Waals surface area contributed by atoms with E-state index in [1.807, 2.05) is 0 Å². The second-order valence-corrected chi connectivity index (χ2v) is 3.75. The van der Waals surface area contributed by atoms with Crippen LogP contribution >= 0.6 is 0 Å². The van der Waals surface area contributed by atoms with Crippen molar-refractivity contribution in [2.24, 2.45) is 0 Å². The van der Waals surface area contributed by atoms with Crippen LogP contribution in [0.3, 0.4) is 0 Å². The van der Waals surface area contributed by atoms with Gasteiger partial charge in [0.25, 0.3) is 0 Å². The molecule has 13 heavy (non-hydrogen) atoms. The van der Waals surface area contributed by atoms with Crippen molar-refractivity contribution in [3.05, 3.63) is 23.8 Å². The predicted octanol–water partition coefficient (Wildman–Crippen LogP) is -1.57. The van der Waals surface area contributed by atoms with Crippen molar-refractivity contribution in [3.8, 4) is 0 Å². The van der Waals surface area contributed by atoms with E-state index in [0.29, 0.717) is 0 Å². The molecule has 0 aliphatic rings. The molecule has 0 aliphatic heterocycles. The zero-order valence-corrected chi connectivity index (χ0v) is 8.89. The molecule has 2 N–H and O–H groups in total. The fraction of sp³-hybridized carbons (Fsp3) is 0. The summed E-state index contributed by atoms with van der Waals surface area (Å²) in [5, 5.41) is 27.6. The van der Waals surface area contributed by atoms with Gasteiger partial charge in [0.1, 0.15) is 0 Å². The van der Waals surface area contributed by atoms with Crippen LogP contribution in [0.1, 0.15) is 10.4 Å². The Balaban J connectivity index is 3.26.